The molecule has 0 radical (unpaired) electrons. The van der Waals surface area contributed by atoms with E-state index in [1.54, 1.807) is 23.7 Å². The Bertz CT molecular complexity index is 1250. The molecule has 0 bridgehead atoms. The van der Waals surface area contributed by atoms with E-state index in [2.05, 4.69) is 30.6 Å². The van der Waals surface area contributed by atoms with Crippen LogP contribution in [-0.4, -0.2) is 60.7 Å². The van der Waals surface area contributed by atoms with Gasteiger partial charge in [-0.1, -0.05) is 12.1 Å². The van der Waals surface area contributed by atoms with E-state index in [0.29, 0.717) is 54.7 Å². The van der Waals surface area contributed by atoms with Crippen molar-refractivity contribution in [1.82, 2.24) is 29.9 Å². The first kappa shape index (κ1) is 26.2. The minimum Gasteiger partial charge on any atom is -0.489 e. The predicted octanol–water partition coefficient (Wildman–Crippen LogP) is 3.60. The van der Waals surface area contributed by atoms with Crippen molar-refractivity contribution in [3.05, 3.63) is 35.5 Å². The van der Waals surface area contributed by atoms with Crippen LogP contribution in [0.25, 0.3) is 11.4 Å². The standard InChI is InChI=1S/C25H33FN8O3/c1-5-11-33(3)23-18(26)13-27-25(30-23)28-14-20-22(31-32-34(20)4)19-9-10-21(15(2)29-19)37-17-8-6-7-16(12-17)24(35)36/h9-10,13,16-17H,5-8,11-12,14H2,1-4H3,(H,35,36)(H,27,28,30)/t16-,17-/m0/s1. The molecule has 4 rings (SSSR count). The number of pyridine rings is 1. The Kier molecular flexibility index (Phi) is 8.14. The van der Waals surface area contributed by atoms with Crippen LogP contribution in [0.15, 0.2) is 18.3 Å². The fraction of sp³-hybridized carbons (Fsp3) is 0.520. The fourth-order valence-electron chi connectivity index (χ4n) is 4.55. The highest BCUT2D eigenvalue weighted by atomic mass is 19.1. The van der Waals surface area contributed by atoms with Gasteiger partial charge in [0.1, 0.15) is 11.4 Å². The van der Waals surface area contributed by atoms with Gasteiger partial charge in [-0.05, 0) is 51.2 Å². The van der Waals surface area contributed by atoms with E-state index >= 15 is 0 Å². The summed E-state index contributed by atoms with van der Waals surface area (Å²) in [5, 5.41) is 20.9. The summed E-state index contributed by atoms with van der Waals surface area (Å²) in [7, 11) is 3.58. The molecule has 0 spiro atoms. The molecular weight excluding hydrogens is 479 g/mol. The summed E-state index contributed by atoms with van der Waals surface area (Å²) in [6.45, 7) is 4.85. The number of rotatable bonds is 10. The van der Waals surface area contributed by atoms with Crippen LogP contribution in [0.3, 0.4) is 0 Å². The maximum Gasteiger partial charge on any atom is 0.306 e. The van der Waals surface area contributed by atoms with E-state index < -0.39 is 11.8 Å². The van der Waals surface area contributed by atoms with Crippen LogP contribution in [0.5, 0.6) is 5.75 Å². The SMILES string of the molecule is CCCN(C)c1nc(NCc2c(-c3ccc(O[C@H]4CCC[C@H](C(=O)O)C4)c(C)n3)nnn2C)ncc1F. The highest BCUT2D eigenvalue weighted by Crippen LogP contribution is 2.30. The second-order valence-corrected chi connectivity index (χ2v) is 9.37. The molecule has 1 saturated carbocycles. The van der Waals surface area contributed by atoms with Gasteiger partial charge in [0.15, 0.2) is 11.6 Å². The third-order valence-electron chi connectivity index (χ3n) is 6.55. The van der Waals surface area contributed by atoms with Gasteiger partial charge in [-0.3, -0.25) is 4.79 Å². The third-order valence-corrected chi connectivity index (χ3v) is 6.55. The molecule has 0 saturated heterocycles. The van der Waals surface area contributed by atoms with Crippen LogP contribution in [0.2, 0.25) is 0 Å². The number of hydrogen-bond acceptors (Lipinski definition) is 9. The van der Waals surface area contributed by atoms with Gasteiger partial charge in [0, 0.05) is 20.6 Å². The molecule has 1 aliphatic carbocycles. The molecule has 1 aliphatic rings. The summed E-state index contributed by atoms with van der Waals surface area (Å²) >= 11 is 0. The molecule has 12 heteroatoms. The van der Waals surface area contributed by atoms with E-state index in [0.717, 1.165) is 31.2 Å². The van der Waals surface area contributed by atoms with Crippen molar-refractivity contribution < 1.29 is 19.0 Å². The van der Waals surface area contributed by atoms with Crippen LogP contribution in [0.1, 0.15) is 50.4 Å². The number of halogens is 1. The number of hydrogen-bond donors (Lipinski definition) is 2. The second kappa shape index (κ2) is 11.5. The number of nitrogens with one attached hydrogen (secondary N) is 1. The van der Waals surface area contributed by atoms with Gasteiger partial charge in [-0.2, -0.15) is 4.98 Å². The van der Waals surface area contributed by atoms with Crippen molar-refractivity contribution >= 4 is 17.7 Å². The molecule has 3 aromatic heterocycles. The molecule has 37 heavy (non-hydrogen) atoms. The lowest BCUT2D eigenvalue weighted by molar-refractivity contribution is -0.143. The monoisotopic (exact) mass is 512 g/mol. The number of nitrogens with zero attached hydrogens (tertiary/aromatic N) is 7. The number of carboxylic acids is 1. The van der Waals surface area contributed by atoms with Gasteiger partial charge in [0.05, 0.1) is 41.8 Å². The molecule has 0 aromatic carbocycles. The number of aryl methyl sites for hydroxylation is 2. The molecular formula is C25H33FN8O3. The second-order valence-electron chi connectivity index (χ2n) is 9.37. The average Bonchev–Trinajstić information content (AvgIpc) is 3.25. The van der Waals surface area contributed by atoms with E-state index in [1.807, 2.05) is 26.0 Å². The van der Waals surface area contributed by atoms with Crippen LogP contribution in [0, 0.1) is 18.7 Å². The maximum atomic E-state index is 14.2. The Morgan fingerprint density at radius 3 is 2.86 bits per heavy atom. The lowest BCUT2D eigenvalue weighted by Gasteiger charge is -2.27. The minimum absolute atomic E-state index is 0.144. The molecule has 2 atom stereocenters. The Labute approximate surface area is 215 Å². The van der Waals surface area contributed by atoms with Crippen LogP contribution in [0.4, 0.5) is 16.2 Å². The Morgan fingerprint density at radius 1 is 1.32 bits per heavy atom. The average molecular weight is 513 g/mol. The number of anilines is 2. The number of ether oxygens (including phenoxy) is 1. The van der Waals surface area contributed by atoms with Crippen molar-refractivity contribution in [2.45, 2.75) is 58.6 Å². The normalized spacial score (nSPS) is 17.4. The summed E-state index contributed by atoms with van der Waals surface area (Å²) in [4.78, 5) is 26.2. The first-order chi connectivity index (χ1) is 17.8. The summed E-state index contributed by atoms with van der Waals surface area (Å²) in [6.07, 6.45) is 4.73. The molecule has 0 amide bonds. The van der Waals surface area contributed by atoms with Crippen molar-refractivity contribution in [1.29, 1.82) is 0 Å². The van der Waals surface area contributed by atoms with Crippen molar-refractivity contribution in [2.24, 2.45) is 13.0 Å². The highest BCUT2D eigenvalue weighted by Gasteiger charge is 2.28. The molecule has 0 aliphatic heterocycles. The number of aliphatic carboxylic acids is 1. The first-order valence-electron chi connectivity index (χ1n) is 12.5. The topological polar surface area (TPSA) is 131 Å². The summed E-state index contributed by atoms with van der Waals surface area (Å²) in [5.41, 5.74) is 2.67. The molecule has 1 fully saturated rings. The van der Waals surface area contributed by atoms with Crippen LogP contribution in [-0.2, 0) is 18.4 Å². The summed E-state index contributed by atoms with van der Waals surface area (Å²) < 4.78 is 22.0. The van der Waals surface area contributed by atoms with Gasteiger partial charge in [0.2, 0.25) is 5.95 Å². The van der Waals surface area contributed by atoms with Gasteiger partial charge in [-0.15, -0.1) is 5.10 Å². The Hall–Kier alpha value is -3.83. The van der Waals surface area contributed by atoms with E-state index in [9.17, 15) is 14.3 Å². The van der Waals surface area contributed by atoms with Crippen molar-refractivity contribution in [2.75, 3.05) is 23.8 Å². The van der Waals surface area contributed by atoms with E-state index in [1.165, 1.54) is 0 Å². The zero-order chi connectivity index (χ0) is 26.5. The molecule has 2 N–H and O–H groups in total. The van der Waals surface area contributed by atoms with Crippen molar-refractivity contribution in [3.63, 3.8) is 0 Å². The molecule has 3 heterocycles. The zero-order valence-corrected chi connectivity index (χ0v) is 21.6. The quantitative estimate of drug-likeness (QED) is 0.415. The fourth-order valence-corrected chi connectivity index (χ4v) is 4.55. The van der Waals surface area contributed by atoms with E-state index in [-0.39, 0.29) is 17.8 Å². The van der Waals surface area contributed by atoms with Gasteiger partial charge >= 0.3 is 5.97 Å². The zero-order valence-electron chi connectivity index (χ0n) is 21.6. The van der Waals surface area contributed by atoms with Crippen LogP contribution < -0.4 is 15.0 Å². The number of aromatic nitrogens is 6. The Balaban J connectivity index is 1.48. The smallest absolute Gasteiger partial charge is 0.306 e. The Morgan fingerprint density at radius 2 is 2.14 bits per heavy atom. The highest BCUT2D eigenvalue weighted by molar-refractivity contribution is 5.70. The van der Waals surface area contributed by atoms with Gasteiger partial charge in [0.25, 0.3) is 0 Å². The first-order valence-corrected chi connectivity index (χ1v) is 12.5. The van der Waals surface area contributed by atoms with E-state index in [4.69, 9.17) is 4.74 Å². The maximum absolute atomic E-state index is 14.2. The molecule has 3 aromatic rings. The molecule has 11 nitrogen and oxygen atoms in total. The summed E-state index contributed by atoms with van der Waals surface area (Å²) in [6, 6.07) is 3.66. The predicted molar refractivity (Wildman–Crippen MR) is 136 cm³/mol. The van der Waals surface area contributed by atoms with Gasteiger partial charge in [-0.25, -0.2) is 19.0 Å². The lowest BCUT2D eigenvalue weighted by Crippen LogP contribution is -2.29. The lowest BCUT2D eigenvalue weighted by atomic mass is 9.87. The molecule has 0 unspecified atom stereocenters. The number of carbonyl (C=O) groups is 1. The number of carboxylic acid groups (broad SMARTS) is 1. The minimum atomic E-state index is -0.766. The third kappa shape index (κ3) is 6.12. The largest absolute Gasteiger partial charge is 0.489 e. The molecule has 198 valence electrons. The van der Waals surface area contributed by atoms with Crippen molar-refractivity contribution in [3.8, 4) is 17.1 Å². The summed E-state index contributed by atoms with van der Waals surface area (Å²) in [5.74, 6) is -0.439. The van der Waals surface area contributed by atoms with Crippen LogP contribution >= 0.6 is 0 Å². The van der Waals surface area contributed by atoms with Gasteiger partial charge < -0.3 is 20.1 Å².